The summed E-state index contributed by atoms with van der Waals surface area (Å²) in [5, 5.41) is 9.74. The molecule has 0 radical (unpaired) electrons. The lowest BCUT2D eigenvalue weighted by Crippen LogP contribution is -2.58. The number of fused-ring (bicyclic) bond motifs is 1. The monoisotopic (exact) mass is 554 g/mol. The number of esters is 1. The van der Waals surface area contributed by atoms with E-state index in [0.717, 1.165) is 25.7 Å². The van der Waals surface area contributed by atoms with Crippen LogP contribution in [0.1, 0.15) is 52.4 Å². The molecule has 7 atom stereocenters. The second-order valence-electron chi connectivity index (χ2n) is 9.79. The highest BCUT2D eigenvalue weighted by Crippen LogP contribution is 2.60. The molecule has 35 heavy (non-hydrogen) atoms. The lowest BCUT2D eigenvalue weighted by molar-refractivity contribution is -0.155. The number of carbonyl (C=O) groups is 3. The Kier molecular flexibility index (Phi) is 9.57. The van der Waals surface area contributed by atoms with Crippen LogP contribution < -0.4 is 0 Å². The van der Waals surface area contributed by atoms with Gasteiger partial charge in [0.25, 0.3) is 0 Å². The summed E-state index contributed by atoms with van der Waals surface area (Å²) in [4.78, 5) is 43.9. The van der Waals surface area contributed by atoms with E-state index in [1.54, 1.807) is 11.0 Å². The van der Waals surface area contributed by atoms with Crippen LogP contribution in [0.4, 0.5) is 0 Å². The first-order valence-corrected chi connectivity index (χ1v) is 13.6. The van der Waals surface area contributed by atoms with E-state index in [2.05, 4.69) is 36.0 Å². The van der Waals surface area contributed by atoms with Crippen LogP contribution in [0.3, 0.4) is 0 Å². The van der Waals surface area contributed by atoms with Gasteiger partial charge in [0.2, 0.25) is 11.8 Å². The van der Waals surface area contributed by atoms with Crippen LogP contribution in [-0.2, 0) is 23.9 Å². The molecule has 0 aromatic carbocycles. The Morgan fingerprint density at radius 1 is 1.37 bits per heavy atom. The maximum absolute atomic E-state index is 14.0. The molecule has 196 valence electrons. The normalized spacial score (nSPS) is 31.8. The second-order valence-corrected chi connectivity index (χ2v) is 11.0. The van der Waals surface area contributed by atoms with Crippen molar-refractivity contribution in [3.8, 4) is 0 Å². The number of likely N-dealkylation sites (tertiary alicyclic amines) is 1. The van der Waals surface area contributed by atoms with Crippen LogP contribution in [0.25, 0.3) is 0 Å². The zero-order valence-electron chi connectivity index (χ0n) is 20.9. The van der Waals surface area contributed by atoms with E-state index in [9.17, 15) is 19.5 Å². The van der Waals surface area contributed by atoms with Crippen molar-refractivity contribution in [2.24, 2.45) is 11.8 Å². The summed E-state index contributed by atoms with van der Waals surface area (Å²) >= 11 is 3.65. The van der Waals surface area contributed by atoms with Crippen LogP contribution in [0, 0.1) is 11.8 Å². The topological polar surface area (TPSA) is 96.4 Å². The molecule has 3 aliphatic rings. The molecule has 1 N–H and O–H groups in total. The minimum Gasteiger partial charge on any atom is -0.465 e. The molecule has 0 saturated carbocycles. The average molecular weight is 556 g/mol. The molecule has 0 aromatic heterocycles. The van der Waals surface area contributed by atoms with Gasteiger partial charge in [0.15, 0.2) is 0 Å². The number of hydrogen-bond acceptors (Lipinski definition) is 6. The Balaban J connectivity index is 1.92. The summed E-state index contributed by atoms with van der Waals surface area (Å²) in [6.07, 6.45) is 7.52. The summed E-state index contributed by atoms with van der Waals surface area (Å²) in [6, 6.07) is -0.969. The van der Waals surface area contributed by atoms with Gasteiger partial charge in [0.05, 0.1) is 31.2 Å². The minimum atomic E-state index is -1.14. The van der Waals surface area contributed by atoms with Crippen LogP contribution in [0.15, 0.2) is 25.3 Å². The van der Waals surface area contributed by atoms with Crippen molar-refractivity contribution in [1.29, 1.82) is 0 Å². The molecule has 3 heterocycles. The van der Waals surface area contributed by atoms with Crippen molar-refractivity contribution >= 4 is 33.7 Å². The van der Waals surface area contributed by atoms with Crippen molar-refractivity contribution in [1.82, 2.24) is 9.80 Å². The number of alkyl halides is 1. The Morgan fingerprint density at radius 3 is 2.74 bits per heavy atom. The molecule has 0 aromatic rings. The Morgan fingerprint density at radius 2 is 2.11 bits per heavy atom. The molecule has 1 spiro atoms. The van der Waals surface area contributed by atoms with Gasteiger partial charge in [-0.2, -0.15) is 0 Å². The number of β-amino-alcohol motifs (C(OH)–C–C–N with tert-alkyl or cyclic N) is 1. The summed E-state index contributed by atoms with van der Waals surface area (Å²) in [5.74, 6) is -2.62. The van der Waals surface area contributed by atoms with E-state index in [-0.39, 0.29) is 42.4 Å². The molecule has 0 aliphatic carbocycles. The Labute approximate surface area is 216 Å². The first-order chi connectivity index (χ1) is 16.8. The van der Waals surface area contributed by atoms with Gasteiger partial charge < -0.3 is 24.4 Å². The molecule has 2 amide bonds. The predicted octanol–water partition coefficient (Wildman–Crippen LogP) is 2.83. The van der Waals surface area contributed by atoms with E-state index in [1.807, 2.05) is 13.0 Å². The molecule has 2 bridgehead atoms. The highest BCUT2D eigenvalue weighted by molar-refractivity contribution is 9.09. The minimum absolute atomic E-state index is 0.00186. The molecule has 9 heteroatoms. The molecule has 3 aliphatic heterocycles. The number of aliphatic hydroxyl groups excluding tert-OH is 1. The average Bonchev–Trinajstić information content (AvgIpc) is 3.41. The van der Waals surface area contributed by atoms with E-state index < -0.39 is 35.6 Å². The number of allylic oxidation sites excluding steroid dienone is 1. The van der Waals surface area contributed by atoms with Gasteiger partial charge >= 0.3 is 5.97 Å². The third-order valence-corrected chi connectivity index (χ3v) is 8.38. The Hall–Kier alpha value is -1.71. The number of hydrogen-bond donors (Lipinski definition) is 1. The van der Waals surface area contributed by atoms with Crippen LogP contribution >= 0.6 is 15.9 Å². The van der Waals surface area contributed by atoms with Gasteiger partial charge in [-0.05, 0) is 39.0 Å². The standard InChI is InChI=1S/C26H39BrN2O6/c1-5-8-9-10-15-34-25(33)19-20-23(31)29(13-14-30)22(26(20)16-18(27)21(19)35-26)24(32)28(12-7-3)17(4)11-6-2/h5,7,17-22,30H,1,3,6,8-16H2,2,4H3/t17?,18?,19-,20-,21-,22?,26?/m0/s1. The molecule has 4 unspecified atom stereocenters. The quantitative estimate of drug-likeness (QED) is 0.153. The van der Waals surface area contributed by atoms with E-state index >= 15 is 0 Å². The number of aliphatic hydroxyl groups is 1. The number of nitrogens with zero attached hydrogens (tertiary/aromatic N) is 2. The summed E-state index contributed by atoms with van der Waals surface area (Å²) in [5.41, 5.74) is -1.14. The summed E-state index contributed by atoms with van der Waals surface area (Å²) in [7, 11) is 0. The number of amides is 2. The SMILES string of the molecule is C=CCCCCOC(=O)[C@H]1[C@H]2C(=O)N(CCO)C(C(=O)N(CC=C)C(C)CCC)C23CC(Br)[C@@H]1O3. The zero-order chi connectivity index (χ0) is 25.8. The van der Waals surface area contributed by atoms with Crippen LogP contribution in [0.5, 0.6) is 0 Å². The molecular formula is C26H39BrN2O6. The van der Waals surface area contributed by atoms with Crippen molar-refractivity contribution in [3.63, 3.8) is 0 Å². The third-order valence-electron chi connectivity index (χ3n) is 7.53. The third kappa shape index (κ3) is 5.09. The van der Waals surface area contributed by atoms with Crippen molar-refractivity contribution in [3.05, 3.63) is 25.3 Å². The lowest BCUT2D eigenvalue weighted by Gasteiger charge is -2.39. The van der Waals surface area contributed by atoms with Crippen molar-refractivity contribution < 1.29 is 29.0 Å². The number of halogens is 1. The molecule has 3 saturated heterocycles. The van der Waals surface area contributed by atoms with Gasteiger partial charge in [0, 0.05) is 24.0 Å². The number of unbranched alkanes of at least 4 members (excludes halogenated alkanes) is 2. The van der Waals surface area contributed by atoms with Gasteiger partial charge in [-0.1, -0.05) is 41.4 Å². The lowest BCUT2D eigenvalue weighted by atomic mass is 9.70. The maximum atomic E-state index is 14.0. The van der Waals surface area contributed by atoms with Gasteiger partial charge in [0.1, 0.15) is 11.6 Å². The number of carbonyl (C=O) groups excluding carboxylic acids is 3. The highest BCUT2D eigenvalue weighted by atomic mass is 79.9. The Bertz CT molecular complexity index is 822. The number of ether oxygens (including phenoxy) is 2. The van der Waals surface area contributed by atoms with Crippen LogP contribution in [0.2, 0.25) is 0 Å². The molecule has 3 rings (SSSR count). The predicted molar refractivity (Wildman–Crippen MR) is 136 cm³/mol. The smallest absolute Gasteiger partial charge is 0.312 e. The fraction of sp³-hybridized carbons (Fsp3) is 0.731. The molecule has 3 fully saturated rings. The molecule has 8 nitrogen and oxygen atoms in total. The maximum Gasteiger partial charge on any atom is 0.312 e. The van der Waals surface area contributed by atoms with Gasteiger partial charge in [-0.3, -0.25) is 14.4 Å². The first-order valence-electron chi connectivity index (χ1n) is 12.7. The molecular weight excluding hydrogens is 516 g/mol. The second kappa shape index (κ2) is 12.0. The van der Waals surface area contributed by atoms with E-state index in [1.165, 1.54) is 4.90 Å². The summed E-state index contributed by atoms with van der Waals surface area (Å²) < 4.78 is 12.0. The summed E-state index contributed by atoms with van der Waals surface area (Å²) in [6.45, 7) is 11.9. The zero-order valence-corrected chi connectivity index (χ0v) is 22.5. The first kappa shape index (κ1) is 27.9. The van der Waals surface area contributed by atoms with Crippen molar-refractivity contribution in [2.75, 3.05) is 26.3 Å². The highest BCUT2D eigenvalue weighted by Gasteiger charge is 2.77. The van der Waals surface area contributed by atoms with Crippen LogP contribution in [-0.4, -0.2) is 87.6 Å². The number of rotatable bonds is 14. The van der Waals surface area contributed by atoms with Gasteiger partial charge in [-0.25, -0.2) is 0 Å². The van der Waals surface area contributed by atoms with E-state index in [0.29, 0.717) is 19.4 Å². The fourth-order valence-corrected chi connectivity index (χ4v) is 6.99. The fourth-order valence-electron chi connectivity index (χ4n) is 6.04. The van der Waals surface area contributed by atoms with Gasteiger partial charge in [-0.15, -0.1) is 13.2 Å². The van der Waals surface area contributed by atoms with Crippen molar-refractivity contribution in [2.45, 2.75) is 81.0 Å². The van der Waals surface area contributed by atoms with E-state index in [4.69, 9.17) is 9.47 Å². The largest absolute Gasteiger partial charge is 0.465 e.